The SMILES string of the molecule is COc1cc2ncc(-c3cn(-c4cc(C)c(F)cc4C)nn3)n2cc1N1CCN(CC(C)O)CC1. The number of rotatable bonds is 6. The summed E-state index contributed by atoms with van der Waals surface area (Å²) in [5.41, 5.74) is 5.32. The molecule has 0 bridgehead atoms. The topological polar surface area (TPSA) is 84.0 Å². The molecular formula is C25H30FN7O2. The van der Waals surface area contributed by atoms with Crippen molar-refractivity contribution < 1.29 is 14.2 Å². The predicted octanol–water partition coefficient (Wildman–Crippen LogP) is 2.85. The van der Waals surface area contributed by atoms with Gasteiger partial charge in [-0.3, -0.25) is 9.30 Å². The molecule has 4 aromatic rings. The molecule has 4 heterocycles. The molecule has 1 N–H and O–H groups in total. The van der Waals surface area contributed by atoms with Crippen LogP contribution in [0.1, 0.15) is 18.1 Å². The van der Waals surface area contributed by atoms with Gasteiger partial charge in [-0.15, -0.1) is 5.10 Å². The number of imidazole rings is 1. The van der Waals surface area contributed by atoms with Crippen LogP contribution in [0.4, 0.5) is 10.1 Å². The van der Waals surface area contributed by atoms with Gasteiger partial charge in [-0.25, -0.2) is 14.1 Å². The summed E-state index contributed by atoms with van der Waals surface area (Å²) in [4.78, 5) is 9.13. The van der Waals surface area contributed by atoms with Gasteiger partial charge < -0.3 is 14.7 Å². The smallest absolute Gasteiger partial charge is 0.147 e. The molecule has 10 heteroatoms. The summed E-state index contributed by atoms with van der Waals surface area (Å²) in [6.45, 7) is 9.49. The number of piperazine rings is 1. The van der Waals surface area contributed by atoms with E-state index in [4.69, 9.17) is 4.74 Å². The standard InChI is InChI=1S/C25H30FN7O2/c1-16-10-21(17(2)9-19(16)26)33-14-20(28-29-33)22-12-27-25-11-24(35-4)23(15-32(22)25)31-7-5-30(6-8-31)13-18(3)34/h9-12,14-15,18,34H,5-8,13H2,1-4H3. The Labute approximate surface area is 203 Å². The summed E-state index contributed by atoms with van der Waals surface area (Å²) < 4.78 is 23.3. The van der Waals surface area contributed by atoms with E-state index in [9.17, 15) is 9.50 Å². The zero-order chi connectivity index (χ0) is 24.7. The molecule has 184 valence electrons. The molecule has 1 unspecified atom stereocenters. The average Bonchev–Trinajstić information content (AvgIpc) is 3.47. The number of ether oxygens (including phenoxy) is 1. The number of nitrogens with zero attached hydrogens (tertiary/aromatic N) is 7. The molecule has 1 aliphatic rings. The highest BCUT2D eigenvalue weighted by molar-refractivity contribution is 5.68. The summed E-state index contributed by atoms with van der Waals surface area (Å²) in [7, 11) is 1.67. The maximum absolute atomic E-state index is 13.9. The largest absolute Gasteiger partial charge is 0.494 e. The summed E-state index contributed by atoms with van der Waals surface area (Å²) in [6.07, 6.45) is 5.31. The highest BCUT2D eigenvalue weighted by atomic mass is 19.1. The molecule has 5 rings (SSSR count). The van der Waals surface area contributed by atoms with Crippen LogP contribution in [0.2, 0.25) is 0 Å². The molecule has 0 radical (unpaired) electrons. The zero-order valence-electron chi connectivity index (χ0n) is 20.4. The number of aliphatic hydroxyl groups excluding tert-OH is 1. The minimum Gasteiger partial charge on any atom is -0.494 e. The Morgan fingerprint density at radius 3 is 2.54 bits per heavy atom. The second-order valence-electron chi connectivity index (χ2n) is 9.17. The predicted molar refractivity (Wildman–Crippen MR) is 132 cm³/mol. The van der Waals surface area contributed by atoms with Gasteiger partial charge in [0.15, 0.2) is 0 Å². The molecule has 0 aliphatic carbocycles. The highest BCUT2D eigenvalue weighted by Gasteiger charge is 2.22. The van der Waals surface area contributed by atoms with E-state index in [2.05, 4.69) is 25.1 Å². The number of hydrogen-bond donors (Lipinski definition) is 1. The Morgan fingerprint density at radius 1 is 1.06 bits per heavy atom. The Balaban J connectivity index is 1.48. The van der Waals surface area contributed by atoms with Crippen LogP contribution >= 0.6 is 0 Å². The monoisotopic (exact) mass is 479 g/mol. The van der Waals surface area contributed by atoms with Gasteiger partial charge in [-0.05, 0) is 44.0 Å². The number of β-amino-alcohol motifs (C(OH)–C–C–N with tert-alkyl or cyclic N) is 1. The van der Waals surface area contributed by atoms with Crippen LogP contribution in [0.5, 0.6) is 5.75 Å². The Morgan fingerprint density at radius 2 is 1.83 bits per heavy atom. The van der Waals surface area contributed by atoms with E-state index in [1.165, 1.54) is 6.07 Å². The van der Waals surface area contributed by atoms with Crippen molar-refractivity contribution in [3.63, 3.8) is 0 Å². The lowest BCUT2D eigenvalue weighted by Crippen LogP contribution is -2.48. The van der Waals surface area contributed by atoms with Crippen LogP contribution in [-0.4, -0.2) is 80.3 Å². The normalized spacial score (nSPS) is 15.7. The van der Waals surface area contributed by atoms with Crippen molar-refractivity contribution >= 4 is 11.3 Å². The maximum atomic E-state index is 13.9. The quantitative estimate of drug-likeness (QED) is 0.455. The van der Waals surface area contributed by atoms with Crippen LogP contribution < -0.4 is 9.64 Å². The van der Waals surface area contributed by atoms with Crippen LogP contribution in [0.3, 0.4) is 0 Å². The number of hydrogen-bond acceptors (Lipinski definition) is 7. The van der Waals surface area contributed by atoms with Gasteiger partial charge in [-0.2, -0.15) is 0 Å². The molecule has 1 aliphatic heterocycles. The van der Waals surface area contributed by atoms with Crippen molar-refractivity contribution in [1.29, 1.82) is 0 Å². The summed E-state index contributed by atoms with van der Waals surface area (Å²) in [6, 6.07) is 5.22. The second-order valence-corrected chi connectivity index (χ2v) is 9.17. The zero-order valence-corrected chi connectivity index (χ0v) is 20.4. The molecule has 9 nitrogen and oxygen atoms in total. The van der Waals surface area contributed by atoms with Gasteiger partial charge in [0, 0.05) is 45.0 Å². The number of aromatic nitrogens is 5. The van der Waals surface area contributed by atoms with Gasteiger partial charge in [0.2, 0.25) is 0 Å². The number of methoxy groups -OCH3 is 1. The van der Waals surface area contributed by atoms with Crippen molar-refractivity contribution in [2.75, 3.05) is 44.7 Å². The summed E-state index contributed by atoms with van der Waals surface area (Å²) in [5, 5.41) is 18.4. The third-order valence-electron chi connectivity index (χ3n) is 6.52. The fraction of sp³-hybridized carbons (Fsp3) is 0.400. The van der Waals surface area contributed by atoms with Gasteiger partial charge in [0.1, 0.15) is 22.9 Å². The van der Waals surface area contributed by atoms with Crippen molar-refractivity contribution in [3.8, 4) is 22.8 Å². The van der Waals surface area contributed by atoms with Gasteiger partial charge in [0.05, 0.1) is 42.7 Å². The molecule has 1 saturated heterocycles. The number of aliphatic hydroxyl groups is 1. The van der Waals surface area contributed by atoms with Crippen molar-refractivity contribution in [2.45, 2.75) is 26.9 Å². The highest BCUT2D eigenvalue weighted by Crippen LogP contribution is 2.32. The number of pyridine rings is 1. The molecule has 35 heavy (non-hydrogen) atoms. The van der Waals surface area contributed by atoms with E-state index in [1.54, 1.807) is 31.0 Å². The van der Waals surface area contributed by atoms with E-state index in [-0.39, 0.29) is 11.9 Å². The van der Waals surface area contributed by atoms with E-state index in [1.807, 2.05) is 36.7 Å². The van der Waals surface area contributed by atoms with E-state index >= 15 is 0 Å². The first kappa shape index (κ1) is 23.3. The summed E-state index contributed by atoms with van der Waals surface area (Å²) >= 11 is 0. The van der Waals surface area contributed by atoms with Gasteiger partial charge in [0.25, 0.3) is 0 Å². The van der Waals surface area contributed by atoms with Crippen LogP contribution in [0, 0.1) is 19.7 Å². The summed E-state index contributed by atoms with van der Waals surface area (Å²) in [5.74, 6) is 0.529. The Bertz CT molecular complexity index is 1360. The first-order valence-electron chi connectivity index (χ1n) is 11.7. The first-order valence-corrected chi connectivity index (χ1v) is 11.7. The third kappa shape index (κ3) is 4.46. The lowest BCUT2D eigenvalue weighted by Gasteiger charge is -2.37. The number of anilines is 1. The van der Waals surface area contributed by atoms with Gasteiger partial charge >= 0.3 is 0 Å². The molecule has 1 atom stereocenters. The fourth-order valence-electron chi connectivity index (χ4n) is 4.64. The van der Waals surface area contributed by atoms with Crippen molar-refractivity contribution in [1.82, 2.24) is 29.3 Å². The average molecular weight is 480 g/mol. The molecule has 0 amide bonds. The Kier molecular flexibility index (Phi) is 6.16. The molecule has 3 aromatic heterocycles. The third-order valence-corrected chi connectivity index (χ3v) is 6.52. The lowest BCUT2D eigenvalue weighted by atomic mass is 10.1. The molecular weight excluding hydrogens is 449 g/mol. The second kappa shape index (κ2) is 9.27. The number of halogens is 1. The number of fused-ring (bicyclic) bond motifs is 1. The maximum Gasteiger partial charge on any atom is 0.147 e. The number of benzene rings is 1. The lowest BCUT2D eigenvalue weighted by molar-refractivity contribution is 0.122. The fourth-order valence-corrected chi connectivity index (χ4v) is 4.64. The van der Waals surface area contributed by atoms with Crippen molar-refractivity contribution in [2.24, 2.45) is 0 Å². The van der Waals surface area contributed by atoms with Crippen LogP contribution in [-0.2, 0) is 0 Å². The van der Waals surface area contributed by atoms with Crippen molar-refractivity contribution in [3.05, 3.63) is 53.7 Å². The first-order chi connectivity index (χ1) is 16.8. The minimum atomic E-state index is -0.336. The minimum absolute atomic E-state index is 0.235. The molecule has 1 aromatic carbocycles. The Hall–Kier alpha value is -3.50. The molecule has 0 spiro atoms. The van der Waals surface area contributed by atoms with Crippen LogP contribution in [0.25, 0.3) is 22.7 Å². The molecule has 0 saturated carbocycles. The van der Waals surface area contributed by atoms with E-state index in [0.717, 1.165) is 60.2 Å². The van der Waals surface area contributed by atoms with Crippen LogP contribution in [0.15, 0.2) is 36.8 Å². The van der Waals surface area contributed by atoms with E-state index < -0.39 is 0 Å². The van der Waals surface area contributed by atoms with Gasteiger partial charge in [-0.1, -0.05) is 5.21 Å². The van der Waals surface area contributed by atoms with E-state index in [0.29, 0.717) is 17.8 Å². The number of aryl methyl sites for hydroxylation is 2. The molecule has 1 fully saturated rings.